The average molecular weight is 490 g/mol. The fourth-order valence-electron chi connectivity index (χ4n) is 4.14. The van der Waals surface area contributed by atoms with Crippen molar-refractivity contribution in [2.75, 3.05) is 19.0 Å². The van der Waals surface area contributed by atoms with Crippen molar-refractivity contribution in [3.63, 3.8) is 0 Å². The second-order valence-corrected chi connectivity index (χ2v) is 8.76. The van der Waals surface area contributed by atoms with Gasteiger partial charge in [-0.25, -0.2) is 4.98 Å². The number of nitrogens with zero attached hydrogens (tertiary/aromatic N) is 4. The summed E-state index contributed by atoms with van der Waals surface area (Å²) in [7, 11) is 1.58. The molecule has 8 nitrogen and oxygen atoms in total. The normalized spacial score (nSPS) is 15.8. The van der Waals surface area contributed by atoms with Gasteiger partial charge in [0, 0.05) is 28.9 Å². The summed E-state index contributed by atoms with van der Waals surface area (Å²) < 4.78 is 10.8. The standard InChI is InChI=1S/C26H24ClN5O3/c1-34-21-11-6-18(7-12-21)25(33)29-23-13-8-19(15-28-23)24-30-26(35-31-24)22-3-2-14-32(22)16-17-4-9-20(27)10-5-17/h4-13,15,22H,2-3,14,16H2,1H3,(H,28,29,33). The maximum Gasteiger partial charge on any atom is 0.256 e. The third-order valence-corrected chi connectivity index (χ3v) is 6.26. The number of benzene rings is 2. The topological polar surface area (TPSA) is 93.4 Å². The van der Waals surface area contributed by atoms with Gasteiger partial charge in [0.2, 0.25) is 11.7 Å². The molecule has 5 rings (SSSR count). The number of methoxy groups -OCH3 is 1. The molecule has 4 aromatic rings. The van der Waals surface area contributed by atoms with Crippen LogP contribution < -0.4 is 10.1 Å². The number of rotatable bonds is 7. The first kappa shape index (κ1) is 23.0. The minimum absolute atomic E-state index is 0.0722. The molecule has 0 radical (unpaired) electrons. The van der Waals surface area contributed by atoms with Crippen molar-refractivity contribution in [2.45, 2.75) is 25.4 Å². The molecule has 1 unspecified atom stereocenters. The third-order valence-electron chi connectivity index (χ3n) is 6.00. The molecular formula is C26H24ClN5O3. The maximum absolute atomic E-state index is 12.5. The number of ether oxygens (including phenoxy) is 1. The van der Waals surface area contributed by atoms with Crippen molar-refractivity contribution in [3.05, 3.63) is 88.9 Å². The molecule has 3 heterocycles. The summed E-state index contributed by atoms with van der Waals surface area (Å²) in [6.07, 6.45) is 3.66. The van der Waals surface area contributed by atoms with Crippen LogP contribution in [-0.2, 0) is 6.54 Å². The van der Waals surface area contributed by atoms with Gasteiger partial charge >= 0.3 is 0 Å². The highest BCUT2D eigenvalue weighted by molar-refractivity contribution is 6.30. The number of pyridine rings is 1. The Balaban J connectivity index is 1.24. The highest BCUT2D eigenvalue weighted by Crippen LogP contribution is 2.33. The lowest BCUT2D eigenvalue weighted by atomic mass is 10.2. The van der Waals surface area contributed by atoms with Crippen LogP contribution in [0.4, 0.5) is 5.82 Å². The molecule has 1 N–H and O–H groups in total. The number of hydrogen-bond acceptors (Lipinski definition) is 7. The lowest BCUT2D eigenvalue weighted by Crippen LogP contribution is -2.23. The van der Waals surface area contributed by atoms with Crippen LogP contribution >= 0.6 is 11.6 Å². The largest absolute Gasteiger partial charge is 0.497 e. The van der Waals surface area contributed by atoms with Gasteiger partial charge in [-0.3, -0.25) is 9.69 Å². The van der Waals surface area contributed by atoms with Crippen LogP contribution in [0.25, 0.3) is 11.4 Å². The Morgan fingerprint density at radius 2 is 1.94 bits per heavy atom. The summed E-state index contributed by atoms with van der Waals surface area (Å²) in [4.78, 5) is 23.8. The van der Waals surface area contributed by atoms with E-state index in [-0.39, 0.29) is 11.9 Å². The fraction of sp³-hybridized carbons (Fsp3) is 0.231. The molecule has 2 aromatic heterocycles. The number of carbonyl (C=O) groups is 1. The van der Waals surface area contributed by atoms with Gasteiger partial charge in [0.1, 0.15) is 11.6 Å². The van der Waals surface area contributed by atoms with Gasteiger partial charge < -0.3 is 14.6 Å². The van der Waals surface area contributed by atoms with E-state index in [4.69, 9.17) is 20.9 Å². The molecule has 1 aliphatic rings. The Labute approximate surface area is 207 Å². The second kappa shape index (κ2) is 10.2. The van der Waals surface area contributed by atoms with E-state index in [2.05, 4.69) is 25.3 Å². The number of nitrogens with one attached hydrogen (secondary N) is 1. The zero-order chi connectivity index (χ0) is 24.2. The van der Waals surface area contributed by atoms with Crippen molar-refractivity contribution in [1.82, 2.24) is 20.0 Å². The SMILES string of the molecule is COc1ccc(C(=O)Nc2ccc(-c3noc(C4CCCN4Cc4ccc(Cl)cc4)n3)cn2)cc1. The van der Waals surface area contributed by atoms with Crippen molar-refractivity contribution in [2.24, 2.45) is 0 Å². The van der Waals surface area contributed by atoms with Crippen molar-refractivity contribution >= 4 is 23.3 Å². The van der Waals surface area contributed by atoms with E-state index in [1.165, 1.54) is 5.56 Å². The van der Waals surface area contributed by atoms with Gasteiger partial charge in [-0.1, -0.05) is 28.9 Å². The molecule has 9 heteroatoms. The number of likely N-dealkylation sites (tertiary alicyclic amines) is 1. The summed E-state index contributed by atoms with van der Waals surface area (Å²) in [6, 6.07) is 18.4. The molecule has 2 aromatic carbocycles. The number of anilines is 1. The fourth-order valence-corrected chi connectivity index (χ4v) is 4.26. The highest BCUT2D eigenvalue weighted by Gasteiger charge is 2.30. The Hall–Kier alpha value is -3.75. The monoisotopic (exact) mass is 489 g/mol. The van der Waals surface area contributed by atoms with Gasteiger partial charge in [-0.05, 0) is 73.5 Å². The molecule has 0 bridgehead atoms. The number of aromatic nitrogens is 3. The number of amides is 1. The molecule has 1 saturated heterocycles. The molecular weight excluding hydrogens is 466 g/mol. The van der Waals surface area contributed by atoms with E-state index in [9.17, 15) is 4.79 Å². The van der Waals surface area contributed by atoms with Gasteiger partial charge in [-0.2, -0.15) is 4.98 Å². The number of carbonyl (C=O) groups excluding carboxylic acids is 1. The van der Waals surface area contributed by atoms with E-state index in [1.54, 1.807) is 43.6 Å². The van der Waals surface area contributed by atoms with Gasteiger partial charge in [-0.15, -0.1) is 0 Å². The lowest BCUT2D eigenvalue weighted by molar-refractivity contribution is 0.102. The number of halogens is 1. The predicted octanol–water partition coefficient (Wildman–Crippen LogP) is 5.38. The maximum atomic E-state index is 12.5. The third kappa shape index (κ3) is 5.34. The molecule has 1 fully saturated rings. The van der Waals surface area contributed by atoms with E-state index < -0.39 is 0 Å². The van der Waals surface area contributed by atoms with E-state index >= 15 is 0 Å². The molecule has 1 amide bonds. The minimum atomic E-state index is -0.253. The van der Waals surface area contributed by atoms with Crippen LogP contribution in [0.2, 0.25) is 5.02 Å². The van der Waals surface area contributed by atoms with Gasteiger partial charge in [0.15, 0.2) is 0 Å². The van der Waals surface area contributed by atoms with Crippen molar-refractivity contribution < 1.29 is 14.1 Å². The Morgan fingerprint density at radius 1 is 1.14 bits per heavy atom. The second-order valence-electron chi connectivity index (χ2n) is 8.33. The Kier molecular flexibility index (Phi) is 6.74. The van der Waals surface area contributed by atoms with Crippen LogP contribution in [0.3, 0.4) is 0 Å². The van der Waals surface area contributed by atoms with Gasteiger partial charge in [0.05, 0.1) is 13.2 Å². The van der Waals surface area contributed by atoms with E-state index in [0.717, 1.165) is 31.0 Å². The van der Waals surface area contributed by atoms with Crippen LogP contribution in [0, 0.1) is 0 Å². The molecule has 1 aliphatic heterocycles. The number of hydrogen-bond donors (Lipinski definition) is 1. The molecule has 0 saturated carbocycles. The summed E-state index contributed by atoms with van der Waals surface area (Å²) >= 11 is 6.01. The van der Waals surface area contributed by atoms with Crippen molar-refractivity contribution in [1.29, 1.82) is 0 Å². The summed E-state index contributed by atoms with van der Waals surface area (Å²) in [5.41, 5.74) is 2.42. The van der Waals surface area contributed by atoms with Crippen LogP contribution in [-0.4, -0.2) is 39.6 Å². The highest BCUT2D eigenvalue weighted by atomic mass is 35.5. The molecule has 0 spiro atoms. The van der Waals surface area contributed by atoms with E-state index in [1.807, 2.05) is 30.3 Å². The zero-order valence-corrected chi connectivity index (χ0v) is 19.9. The Morgan fingerprint density at radius 3 is 2.66 bits per heavy atom. The minimum Gasteiger partial charge on any atom is -0.497 e. The quantitative estimate of drug-likeness (QED) is 0.372. The lowest BCUT2D eigenvalue weighted by Gasteiger charge is -2.21. The summed E-state index contributed by atoms with van der Waals surface area (Å²) in [5.74, 6) is 1.94. The van der Waals surface area contributed by atoms with Crippen LogP contribution in [0.1, 0.15) is 40.7 Å². The summed E-state index contributed by atoms with van der Waals surface area (Å²) in [5, 5.41) is 7.69. The van der Waals surface area contributed by atoms with Crippen LogP contribution in [0.15, 0.2) is 71.4 Å². The van der Waals surface area contributed by atoms with Crippen LogP contribution in [0.5, 0.6) is 5.75 Å². The Bertz CT molecular complexity index is 1290. The molecule has 1 atom stereocenters. The first-order valence-corrected chi connectivity index (χ1v) is 11.7. The zero-order valence-electron chi connectivity index (χ0n) is 19.1. The molecule has 0 aliphatic carbocycles. The molecule has 178 valence electrons. The smallest absolute Gasteiger partial charge is 0.256 e. The van der Waals surface area contributed by atoms with Crippen molar-refractivity contribution in [3.8, 4) is 17.1 Å². The first-order valence-electron chi connectivity index (χ1n) is 11.3. The van der Waals surface area contributed by atoms with E-state index in [0.29, 0.717) is 34.4 Å². The predicted molar refractivity (Wildman–Crippen MR) is 132 cm³/mol. The summed E-state index contributed by atoms with van der Waals surface area (Å²) in [6.45, 7) is 1.76. The average Bonchev–Trinajstić information content (AvgIpc) is 3.56. The molecule has 35 heavy (non-hydrogen) atoms. The van der Waals surface area contributed by atoms with Gasteiger partial charge in [0.25, 0.3) is 5.91 Å². The first-order chi connectivity index (χ1) is 17.1.